The van der Waals surface area contributed by atoms with Gasteiger partial charge in [0.05, 0.1) is 0 Å². The standard InChI is InChI=1S/C20H26FN3O/c21-19-4-2-1-3-18(19)16-8-11-23(12-9-16)20(25)22-13-15-7-10-24(14-15)17-5-6-17/h1-4,8,15,17H,5-7,9-14H2,(H,22,25)/t15-/m1/s1. The highest BCUT2D eigenvalue weighted by molar-refractivity contribution is 5.76. The number of nitrogens with zero attached hydrogens (tertiary/aromatic N) is 2. The van der Waals surface area contributed by atoms with Crippen LogP contribution in [0.3, 0.4) is 0 Å². The van der Waals surface area contributed by atoms with Crippen molar-refractivity contribution in [2.75, 3.05) is 32.7 Å². The van der Waals surface area contributed by atoms with Crippen LogP contribution in [0.15, 0.2) is 30.3 Å². The molecule has 1 aromatic carbocycles. The molecule has 1 N–H and O–H groups in total. The second-order valence-corrected chi connectivity index (χ2v) is 7.47. The number of carbonyl (C=O) groups is 1. The van der Waals surface area contributed by atoms with Crippen LogP contribution in [-0.4, -0.2) is 54.6 Å². The van der Waals surface area contributed by atoms with Crippen molar-refractivity contribution in [2.45, 2.75) is 31.7 Å². The number of amides is 2. The molecule has 4 nitrogen and oxygen atoms in total. The van der Waals surface area contributed by atoms with E-state index in [0.29, 0.717) is 31.0 Å². The fourth-order valence-electron chi connectivity index (χ4n) is 3.96. The number of hydrogen-bond donors (Lipinski definition) is 1. The molecule has 0 aromatic heterocycles. The highest BCUT2D eigenvalue weighted by Gasteiger charge is 2.34. The lowest BCUT2D eigenvalue weighted by Gasteiger charge is -2.27. The van der Waals surface area contributed by atoms with E-state index in [2.05, 4.69) is 10.2 Å². The molecule has 134 valence electrons. The fourth-order valence-corrected chi connectivity index (χ4v) is 3.96. The molecule has 0 unspecified atom stereocenters. The molecule has 1 saturated heterocycles. The summed E-state index contributed by atoms with van der Waals surface area (Å²) in [6.07, 6.45) is 6.57. The summed E-state index contributed by atoms with van der Waals surface area (Å²) in [5, 5.41) is 3.10. The Morgan fingerprint density at radius 2 is 2.04 bits per heavy atom. The van der Waals surface area contributed by atoms with Gasteiger partial charge >= 0.3 is 6.03 Å². The number of urea groups is 1. The molecule has 5 heteroatoms. The lowest BCUT2D eigenvalue weighted by molar-refractivity contribution is 0.201. The van der Waals surface area contributed by atoms with E-state index in [4.69, 9.17) is 0 Å². The molecule has 4 rings (SSSR count). The summed E-state index contributed by atoms with van der Waals surface area (Å²) >= 11 is 0. The second-order valence-electron chi connectivity index (χ2n) is 7.47. The highest BCUT2D eigenvalue weighted by Crippen LogP contribution is 2.31. The number of nitrogens with one attached hydrogen (secondary N) is 1. The molecule has 1 aromatic rings. The smallest absolute Gasteiger partial charge is 0.317 e. The van der Waals surface area contributed by atoms with Gasteiger partial charge in [0.15, 0.2) is 0 Å². The van der Waals surface area contributed by atoms with Crippen LogP contribution in [0.1, 0.15) is 31.2 Å². The first-order valence-corrected chi connectivity index (χ1v) is 9.41. The highest BCUT2D eigenvalue weighted by atomic mass is 19.1. The van der Waals surface area contributed by atoms with Crippen LogP contribution in [0.5, 0.6) is 0 Å². The van der Waals surface area contributed by atoms with Crippen molar-refractivity contribution in [3.63, 3.8) is 0 Å². The van der Waals surface area contributed by atoms with Crippen LogP contribution in [0.25, 0.3) is 5.57 Å². The summed E-state index contributed by atoms with van der Waals surface area (Å²) in [6, 6.07) is 7.68. The zero-order valence-electron chi connectivity index (χ0n) is 14.6. The molecule has 3 aliphatic rings. The molecule has 2 fully saturated rings. The normalized spacial score (nSPS) is 24.3. The summed E-state index contributed by atoms with van der Waals surface area (Å²) in [6.45, 7) is 4.27. The lowest BCUT2D eigenvalue weighted by atomic mass is 9.99. The number of rotatable bonds is 4. The van der Waals surface area contributed by atoms with Crippen LogP contribution in [0, 0.1) is 11.7 Å². The zero-order valence-corrected chi connectivity index (χ0v) is 14.6. The molecule has 2 aliphatic heterocycles. The Kier molecular flexibility index (Phi) is 4.75. The third kappa shape index (κ3) is 3.87. The zero-order chi connectivity index (χ0) is 17.2. The Balaban J connectivity index is 1.26. The third-order valence-corrected chi connectivity index (χ3v) is 5.64. The van der Waals surface area contributed by atoms with Gasteiger partial charge in [0.1, 0.15) is 5.82 Å². The van der Waals surface area contributed by atoms with Gasteiger partial charge in [-0.15, -0.1) is 0 Å². The maximum Gasteiger partial charge on any atom is 0.317 e. The minimum absolute atomic E-state index is 0.00806. The second kappa shape index (κ2) is 7.16. The van der Waals surface area contributed by atoms with Crippen LogP contribution in [-0.2, 0) is 0 Å². The molecular weight excluding hydrogens is 317 g/mol. The molecule has 1 aliphatic carbocycles. The Labute approximate surface area is 148 Å². The molecule has 0 spiro atoms. The van der Waals surface area contributed by atoms with Crippen LogP contribution >= 0.6 is 0 Å². The summed E-state index contributed by atoms with van der Waals surface area (Å²) in [5.41, 5.74) is 1.66. The predicted molar refractivity (Wildman–Crippen MR) is 96.7 cm³/mol. The number of halogens is 1. The Morgan fingerprint density at radius 1 is 1.20 bits per heavy atom. The molecule has 1 saturated carbocycles. The summed E-state index contributed by atoms with van der Waals surface area (Å²) in [4.78, 5) is 16.8. The Morgan fingerprint density at radius 3 is 2.76 bits per heavy atom. The van der Waals surface area contributed by atoms with Crippen molar-refractivity contribution in [3.05, 3.63) is 41.7 Å². The minimum Gasteiger partial charge on any atom is -0.338 e. The van der Waals surface area contributed by atoms with Crippen LogP contribution in [0.2, 0.25) is 0 Å². The van der Waals surface area contributed by atoms with Crippen molar-refractivity contribution >= 4 is 11.6 Å². The van der Waals surface area contributed by atoms with Gasteiger partial charge < -0.3 is 15.1 Å². The first kappa shape index (κ1) is 16.6. The molecule has 2 amide bonds. The van der Waals surface area contributed by atoms with Crippen molar-refractivity contribution < 1.29 is 9.18 Å². The Hall–Kier alpha value is -1.88. The fraction of sp³-hybridized carbons (Fsp3) is 0.550. The van der Waals surface area contributed by atoms with E-state index < -0.39 is 0 Å². The van der Waals surface area contributed by atoms with E-state index in [1.165, 1.54) is 31.9 Å². The number of hydrogen-bond acceptors (Lipinski definition) is 2. The number of carbonyl (C=O) groups excluding carboxylic acids is 1. The van der Waals surface area contributed by atoms with E-state index in [1.807, 2.05) is 23.1 Å². The summed E-state index contributed by atoms with van der Waals surface area (Å²) < 4.78 is 13.9. The quantitative estimate of drug-likeness (QED) is 0.912. The van der Waals surface area contributed by atoms with E-state index in [9.17, 15) is 9.18 Å². The van der Waals surface area contributed by atoms with Gasteiger partial charge in [-0.05, 0) is 49.8 Å². The van der Waals surface area contributed by atoms with Crippen LogP contribution < -0.4 is 5.32 Å². The van der Waals surface area contributed by atoms with E-state index in [1.54, 1.807) is 6.07 Å². The summed E-state index contributed by atoms with van der Waals surface area (Å²) in [5.74, 6) is 0.395. The van der Waals surface area contributed by atoms with Crippen molar-refractivity contribution in [2.24, 2.45) is 5.92 Å². The largest absolute Gasteiger partial charge is 0.338 e. The lowest BCUT2D eigenvalue weighted by Crippen LogP contribution is -2.44. The van der Waals surface area contributed by atoms with Gasteiger partial charge in [0.2, 0.25) is 0 Å². The van der Waals surface area contributed by atoms with Crippen molar-refractivity contribution in [1.82, 2.24) is 15.1 Å². The molecule has 25 heavy (non-hydrogen) atoms. The SMILES string of the molecule is O=C(NC[C@H]1CCN(C2CC2)C1)N1CC=C(c2ccccc2F)CC1. The van der Waals surface area contributed by atoms with Crippen LogP contribution in [0.4, 0.5) is 9.18 Å². The topological polar surface area (TPSA) is 35.6 Å². The maximum atomic E-state index is 13.9. The molecule has 0 bridgehead atoms. The third-order valence-electron chi connectivity index (χ3n) is 5.64. The van der Waals surface area contributed by atoms with E-state index in [0.717, 1.165) is 24.7 Å². The average molecular weight is 343 g/mol. The maximum absolute atomic E-state index is 13.9. The van der Waals surface area contributed by atoms with Crippen molar-refractivity contribution in [3.8, 4) is 0 Å². The molecule has 1 atom stereocenters. The van der Waals surface area contributed by atoms with E-state index in [-0.39, 0.29) is 11.8 Å². The molecule has 0 radical (unpaired) electrons. The van der Waals surface area contributed by atoms with Gasteiger partial charge in [-0.25, -0.2) is 9.18 Å². The predicted octanol–water partition coefficient (Wildman–Crippen LogP) is 3.11. The summed E-state index contributed by atoms with van der Waals surface area (Å²) in [7, 11) is 0. The van der Waals surface area contributed by atoms with Gasteiger partial charge in [-0.3, -0.25) is 0 Å². The number of benzene rings is 1. The van der Waals surface area contributed by atoms with E-state index >= 15 is 0 Å². The molecule has 2 heterocycles. The van der Waals surface area contributed by atoms with Gasteiger partial charge in [0.25, 0.3) is 0 Å². The minimum atomic E-state index is -0.187. The van der Waals surface area contributed by atoms with Gasteiger partial charge in [0, 0.05) is 37.8 Å². The van der Waals surface area contributed by atoms with Crippen molar-refractivity contribution in [1.29, 1.82) is 0 Å². The first-order valence-electron chi connectivity index (χ1n) is 9.41. The Bertz CT molecular complexity index is 671. The monoisotopic (exact) mass is 343 g/mol. The average Bonchev–Trinajstić information content (AvgIpc) is 3.39. The molecular formula is C20H26FN3O. The number of likely N-dealkylation sites (tertiary alicyclic amines) is 1. The van der Waals surface area contributed by atoms with Gasteiger partial charge in [-0.1, -0.05) is 24.3 Å². The van der Waals surface area contributed by atoms with Gasteiger partial charge in [-0.2, -0.15) is 0 Å². The first-order chi connectivity index (χ1) is 12.2.